The molecule has 0 N–H and O–H groups in total. The Morgan fingerprint density at radius 2 is 1.94 bits per heavy atom. The summed E-state index contributed by atoms with van der Waals surface area (Å²) in [5.41, 5.74) is 0.0228. The Hall–Kier alpha value is -1.63. The van der Waals surface area contributed by atoms with Gasteiger partial charge < -0.3 is 4.90 Å². The summed E-state index contributed by atoms with van der Waals surface area (Å²) in [7, 11) is 0. The summed E-state index contributed by atoms with van der Waals surface area (Å²) in [5, 5.41) is 8.60. The predicted molar refractivity (Wildman–Crippen MR) is 57.1 cm³/mol. The molecule has 1 aromatic carbocycles. The molecule has 0 saturated heterocycles. The lowest BCUT2D eigenvalue weighted by Gasteiger charge is -2.23. The van der Waals surface area contributed by atoms with Crippen molar-refractivity contribution in [2.75, 3.05) is 11.4 Å². The smallest absolute Gasteiger partial charge is 0.150 e. The summed E-state index contributed by atoms with van der Waals surface area (Å²) >= 11 is 0. The molecule has 0 aliphatic heterocycles. The van der Waals surface area contributed by atoms with Crippen LogP contribution in [0.5, 0.6) is 0 Å². The number of hydrogen-bond donors (Lipinski definition) is 0. The van der Waals surface area contributed by atoms with E-state index < -0.39 is 11.6 Å². The third-order valence-electron chi connectivity index (χ3n) is 2.76. The highest BCUT2D eigenvalue weighted by Gasteiger charge is 2.31. The predicted octanol–water partition coefficient (Wildman–Crippen LogP) is 2.83. The van der Waals surface area contributed by atoms with Gasteiger partial charge in [-0.1, -0.05) is 0 Å². The van der Waals surface area contributed by atoms with Crippen LogP contribution in [0.3, 0.4) is 0 Å². The van der Waals surface area contributed by atoms with Crippen LogP contribution in [0.15, 0.2) is 12.1 Å². The summed E-state index contributed by atoms with van der Waals surface area (Å²) < 4.78 is 27.4. The fourth-order valence-corrected chi connectivity index (χ4v) is 1.89. The third-order valence-corrected chi connectivity index (χ3v) is 2.76. The zero-order valence-corrected chi connectivity index (χ0v) is 9.00. The van der Waals surface area contributed by atoms with Crippen LogP contribution >= 0.6 is 0 Å². The lowest BCUT2D eigenvalue weighted by molar-refractivity contribution is 0.570. The van der Waals surface area contributed by atoms with Crippen LogP contribution < -0.4 is 4.90 Å². The summed E-state index contributed by atoms with van der Waals surface area (Å²) in [6.07, 6.45) is 1.96. The molecule has 0 aromatic heterocycles. The van der Waals surface area contributed by atoms with Gasteiger partial charge in [0.25, 0.3) is 0 Å². The van der Waals surface area contributed by atoms with E-state index >= 15 is 0 Å². The van der Waals surface area contributed by atoms with Crippen molar-refractivity contribution in [3.63, 3.8) is 0 Å². The number of benzene rings is 1. The number of hydrogen-bond acceptors (Lipinski definition) is 2. The number of nitriles is 1. The van der Waals surface area contributed by atoms with E-state index in [9.17, 15) is 8.78 Å². The molecular weight excluding hydrogens is 210 g/mol. The fourth-order valence-electron chi connectivity index (χ4n) is 1.89. The maximum absolute atomic E-state index is 13.7. The van der Waals surface area contributed by atoms with Crippen molar-refractivity contribution in [2.45, 2.75) is 25.8 Å². The molecule has 2 nitrogen and oxygen atoms in total. The molecule has 0 atom stereocenters. The second-order valence-electron chi connectivity index (χ2n) is 3.92. The van der Waals surface area contributed by atoms with Crippen molar-refractivity contribution in [1.29, 1.82) is 5.26 Å². The molecular formula is C12H12F2N2. The highest BCUT2D eigenvalue weighted by atomic mass is 19.1. The monoisotopic (exact) mass is 222 g/mol. The Morgan fingerprint density at radius 1 is 1.38 bits per heavy atom. The molecule has 0 unspecified atom stereocenters. The number of anilines is 1. The van der Waals surface area contributed by atoms with Gasteiger partial charge in [-0.2, -0.15) is 5.26 Å². The maximum atomic E-state index is 13.7. The van der Waals surface area contributed by atoms with Crippen LogP contribution in [-0.4, -0.2) is 12.6 Å². The lowest BCUT2D eigenvalue weighted by Crippen LogP contribution is -2.27. The van der Waals surface area contributed by atoms with E-state index in [0.717, 1.165) is 25.0 Å². The molecule has 0 heterocycles. The van der Waals surface area contributed by atoms with Crippen molar-refractivity contribution in [3.8, 4) is 6.07 Å². The van der Waals surface area contributed by atoms with Crippen molar-refractivity contribution in [2.24, 2.45) is 0 Å². The average Bonchev–Trinajstić information content (AvgIpc) is 3.06. The SMILES string of the molecule is CCN(c1c(F)cc(C#N)cc1F)C1CC1. The molecule has 1 aliphatic carbocycles. The third kappa shape index (κ3) is 1.85. The number of nitrogens with zero attached hydrogens (tertiary/aromatic N) is 2. The van der Waals surface area contributed by atoms with E-state index in [4.69, 9.17) is 5.26 Å². The van der Waals surface area contributed by atoms with Gasteiger partial charge in [0.05, 0.1) is 11.6 Å². The van der Waals surface area contributed by atoms with E-state index in [-0.39, 0.29) is 17.3 Å². The first-order valence-electron chi connectivity index (χ1n) is 5.33. The van der Waals surface area contributed by atoms with Crippen LogP contribution in [0.4, 0.5) is 14.5 Å². The van der Waals surface area contributed by atoms with Crippen LogP contribution in [-0.2, 0) is 0 Å². The van der Waals surface area contributed by atoms with Gasteiger partial charge in [-0.15, -0.1) is 0 Å². The Labute approximate surface area is 93.1 Å². The second kappa shape index (κ2) is 4.09. The first kappa shape index (κ1) is 10.9. The molecule has 84 valence electrons. The largest absolute Gasteiger partial charge is 0.364 e. The highest BCUT2D eigenvalue weighted by Crippen LogP contribution is 2.34. The first-order valence-corrected chi connectivity index (χ1v) is 5.33. The van der Waals surface area contributed by atoms with Gasteiger partial charge in [0, 0.05) is 12.6 Å². The van der Waals surface area contributed by atoms with Gasteiger partial charge >= 0.3 is 0 Å². The standard InChI is InChI=1S/C12H12F2N2/c1-2-16(9-3-4-9)12-10(13)5-8(7-15)6-11(12)14/h5-6,9H,2-4H2,1H3. The van der Waals surface area contributed by atoms with Crippen molar-refractivity contribution >= 4 is 5.69 Å². The maximum Gasteiger partial charge on any atom is 0.150 e. The Morgan fingerprint density at radius 3 is 2.31 bits per heavy atom. The molecule has 16 heavy (non-hydrogen) atoms. The van der Waals surface area contributed by atoms with Gasteiger partial charge in [0.15, 0.2) is 11.6 Å². The summed E-state index contributed by atoms with van der Waals surface area (Å²) in [5.74, 6) is -1.30. The molecule has 1 aliphatic rings. The normalized spacial score (nSPS) is 14.6. The van der Waals surface area contributed by atoms with Crippen molar-refractivity contribution < 1.29 is 8.78 Å². The minimum atomic E-state index is -0.648. The molecule has 1 fully saturated rings. The summed E-state index contributed by atoms with van der Waals surface area (Å²) in [6, 6.07) is 4.16. The molecule has 4 heteroatoms. The molecule has 1 saturated carbocycles. The molecule has 0 radical (unpaired) electrons. The molecule has 0 bridgehead atoms. The van der Waals surface area contributed by atoms with Crippen LogP contribution in [0.2, 0.25) is 0 Å². The lowest BCUT2D eigenvalue weighted by atomic mass is 10.2. The van der Waals surface area contributed by atoms with E-state index in [0.29, 0.717) is 6.54 Å². The van der Waals surface area contributed by atoms with Crippen LogP contribution in [0, 0.1) is 23.0 Å². The van der Waals surface area contributed by atoms with Gasteiger partial charge in [0.2, 0.25) is 0 Å². The van der Waals surface area contributed by atoms with E-state index in [1.54, 1.807) is 11.0 Å². The van der Waals surface area contributed by atoms with Crippen molar-refractivity contribution in [3.05, 3.63) is 29.3 Å². The molecule has 2 rings (SSSR count). The van der Waals surface area contributed by atoms with Crippen LogP contribution in [0.1, 0.15) is 25.3 Å². The topological polar surface area (TPSA) is 27.0 Å². The van der Waals surface area contributed by atoms with E-state index in [1.165, 1.54) is 0 Å². The zero-order valence-electron chi connectivity index (χ0n) is 9.00. The first-order chi connectivity index (χ1) is 7.67. The van der Waals surface area contributed by atoms with Crippen LogP contribution in [0.25, 0.3) is 0 Å². The van der Waals surface area contributed by atoms with E-state index in [1.807, 2.05) is 6.92 Å². The Balaban J connectivity index is 2.43. The van der Waals surface area contributed by atoms with Gasteiger partial charge in [-0.25, -0.2) is 8.78 Å². The number of rotatable bonds is 3. The average molecular weight is 222 g/mol. The molecule has 1 aromatic rings. The Bertz CT molecular complexity index is 424. The zero-order chi connectivity index (χ0) is 11.7. The van der Waals surface area contributed by atoms with Gasteiger partial charge in [-0.05, 0) is 31.9 Å². The molecule has 0 spiro atoms. The summed E-state index contributed by atoms with van der Waals surface area (Å²) in [4.78, 5) is 1.73. The summed E-state index contributed by atoms with van der Waals surface area (Å²) in [6.45, 7) is 2.44. The minimum Gasteiger partial charge on any atom is -0.364 e. The fraction of sp³-hybridized carbons (Fsp3) is 0.417. The van der Waals surface area contributed by atoms with Crippen molar-refractivity contribution in [1.82, 2.24) is 0 Å². The molecule has 0 amide bonds. The Kier molecular flexibility index (Phi) is 2.78. The van der Waals surface area contributed by atoms with E-state index in [2.05, 4.69) is 0 Å². The minimum absolute atomic E-state index is 0.00370. The highest BCUT2D eigenvalue weighted by molar-refractivity contribution is 5.54. The second-order valence-corrected chi connectivity index (χ2v) is 3.92. The quantitative estimate of drug-likeness (QED) is 0.786. The number of halogens is 2. The van der Waals surface area contributed by atoms with Gasteiger partial charge in [0.1, 0.15) is 5.69 Å². The van der Waals surface area contributed by atoms with Gasteiger partial charge in [-0.3, -0.25) is 0 Å².